The minimum Gasteiger partial charge on any atom is -0.359 e. The Morgan fingerprint density at radius 2 is 2.15 bits per heavy atom. The van der Waals surface area contributed by atoms with Crippen LogP contribution >= 0.6 is 39.5 Å². The smallest absolute Gasteiger partial charge is 0.187 e. The molecular formula is C14H20BrN3S2. The topological polar surface area (TPSA) is 36.4 Å². The Labute approximate surface area is 138 Å². The summed E-state index contributed by atoms with van der Waals surface area (Å²) in [7, 11) is 0. The van der Waals surface area contributed by atoms with Crippen molar-refractivity contribution < 1.29 is 0 Å². The number of nitrogens with one attached hydrogen (secondary N) is 2. The van der Waals surface area contributed by atoms with Gasteiger partial charge in [0.15, 0.2) is 5.11 Å². The maximum atomic E-state index is 5.32. The van der Waals surface area contributed by atoms with E-state index < -0.39 is 0 Å². The van der Waals surface area contributed by atoms with Crippen molar-refractivity contribution in [3.63, 3.8) is 0 Å². The van der Waals surface area contributed by atoms with Crippen molar-refractivity contribution in [3.8, 4) is 0 Å². The van der Waals surface area contributed by atoms with Gasteiger partial charge < -0.3 is 5.32 Å². The number of thiophene rings is 1. The van der Waals surface area contributed by atoms with Gasteiger partial charge in [0.2, 0.25) is 0 Å². The normalized spacial score (nSPS) is 17.0. The van der Waals surface area contributed by atoms with Gasteiger partial charge in [-0.05, 0) is 59.5 Å². The minimum absolute atomic E-state index is 0.514. The van der Waals surface area contributed by atoms with Crippen molar-refractivity contribution in [3.05, 3.63) is 20.8 Å². The van der Waals surface area contributed by atoms with Crippen molar-refractivity contribution in [1.29, 1.82) is 0 Å². The number of hydrazone groups is 1. The van der Waals surface area contributed by atoms with Crippen LogP contribution in [0.5, 0.6) is 0 Å². The zero-order valence-electron chi connectivity index (χ0n) is 11.6. The average Bonchev–Trinajstić information content (AvgIpc) is 2.87. The van der Waals surface area contributed by atoms with Crippen LogP contribution in [0, 0.1) is 0 Å². The van der Waals surface area contributed by atoms with Gasteiger partial charge in [-0.1, -0.05) is 26.2 Å². The molecule has 2 N–H and O–H groups in total. The van der Waals surface area contributed by atoms with E-state index in [-0.39, 0.29) is 0 Å². The van der Waals surface area contributed by atoms with Crippen LogP contribution in [0.25, 0.3) is 0 Å². The third-order valence-corrected chi connectivity index (χ3v) is 5.31. The molecule has 0 aromatic carbocycles. The minimum atomic E-state index is 0.514. The van der Waals surface area contributed by atoms with E-state index in [1.54, 1.807) is 11.3 Å². The molecular weight excluding hydrogens is 354 g/mol. The molecule has 1 saturated carbocycles. The van der Waals surface area contributed by atoms with Crippen molar-refractivity contribution in [2.75, 3.05) is 0 Å². The summed E-state index contributed by atoms with van der Waals surface area (Å²) in [6.07, 6.45) is 7.25. The first-order chi connectivity index (χ1) is 9.69. The fourth-order valence-electron chi connectivity index (χ4n) is 2.36. The highest BCUT2D eigenvalue weighted by Gasteiger charge is 2.13. The van der Waals surface area contributed by atoms with Crippen LogP contribution in [-0.2, 0) is 0 Å². The largest absolute Gasteiger partial charge is 0.359 e. The Bertz CT molecular complexity index is 479. The van der Waals surface area contributed by atoms with E-state index >= 15 is 0 Å². The molecule has 1 aromatic rings. The molecule has 0 saturated heterocycles. The first-order valence-corrected chi connectivity index (χ1v) is 9.09. The van der Waals surface area contributed by atoms with Gasteiger partial charge in [0.1, 0.15) is 0 Å². The van der Waals surface area contributed by atoms with Gasteiger partial charge in [-0.2, -0.15) is 5.10 Å². The van der Waals surface area contributed by atoms with Gasteiger partial charge in [0.25, 0.3) is 0 Å². The second-order valence-corrected chi connectivity index (χ2v) is 7.81. The SMILES string of the molecule is CCC(=NNC(=S)NC1CCCCC1)c1ccc(Br)s1. The predicted molar refractivity (Wildman–Crippen MR) is 94.6 cm³/mol. The van der Waals surface area contributed by atoms with E-state index in [1.807, 2.05) is 6.07 Å². The summed E-state index contributed by atoms with van der Waals surface area (Å²) in [6.45, 7) is 2.10. The number of thiocarbonyl (C=S) groups is 1. The maximum absolute atomic E-state index is 5.32. The molecule has 0 bridgehead atoms. The third kappa shape index (κ3) is 4.82. The van der Waals surface area contributed by atoms with Crippen molar-refractivity contribution in [2.45, 2.75) is 51.5 Å². The molecule has 20 heavy (non-hydrogen) atoms. The fourth-order valence-corrected chi connectivity index (χ4v) is 4.02. The Morgan fingerprint density at radius 1 is 1.40 bits per heavy atom. The van der Waals surface area contributed by atoms with Crippen LogP contribution in [0.1, 0.15) is 50.3 Å². The lowest BCUT2D eigenvalue weighted by atomic mass is 9.96. The molecule has 0 spiro atoms. The molecule has 1 aromatic heterocycles. The summed E-state index contributed by atoms with van der Waals surface area (Å²) >= 11 is 10.5. The number of rotatable bonds is 4. The van der Waals surface area contributed by atoms with Gasteiger partial charge in [-0.25, -0.2) is 0 Å². The summed E-state index contributed by atoms with van der Waals surface area (Å²) < 4.78 is 1.12. The lowest BCUT2D eigenvalue weighted by molar-refractivity contribution is 0.412. The summed E-state index contributed by atoms with van der Waals surface area (Å²) in [5, 5.41) is 8.44. The molecule has 2 rings (SSSR count). The molecule has 1 fully saturated rings. The Hall–Kier alpha value is -0.460. The van der Waals surface area contributed by atoms with Gasteiger partial charge in [0.05, 0.1) is 14.4 Å². The van der Waals surface area contributed by atoms with Crippen LogP contribution in [0.3, 0.4) is 0 Å². The first-order valence-electron chi connectivity index (χ1n) is 7.08. The predicted octanol–water partition coefficient (Wildman–Crippen LogP) is 4.42. The molecule has 0 aliphatic heterocycles. The number of hydrogen-bond donors (Lipinski definition) is 2. The summed E-state index contributed by atoms with van der Waals surface area (Å²) in [5.41, 5.74) is 4.02. The van der Waals surface area contributed by atoms with Crippen LogP contribution < -0.4 is 10.7 Å². The van der Waals surface area contributed by atoms with Crippen LogP contribution in [0.15, 0.2) is 21.0 Å². The molecule has 110 valence electrons. The highest BCUT2D eigenvalue weighted by atomic mass is 79.9. The Morgan fingerprint density at radius 3 is 2.75 bits per heavy atom. The lowest BCUT2D eigenvalue weighted by Crippen LogP contribution is -2.41. The van der Waals surface area contributed by atoms with Crippen LogP contribution in [0.2, 0.25) is 0 Å². The Balaban J connectivity index is 1.87. The van der Waals surface area contributed by atoms with Crippen LogP contribution in [0.4, 0.5) is 0 Å². The number of nitrogens with zero attached hydrogens (tertiary/aromatic N) is 1. The van der Waals surface area contributed by atoms with E-state index in [0.29, 0.717) is 11.2 Å². The van der Waals surface area contributed by atoms with E-state index in [9.17, 15) is 0 Å². The highest BCUT2D eigenvalue weighted by molar-refractivity contribution is 9.11. The second kappa shape index (κ2) is 8.10. The second-order valence-electron chi connectivity index (χ2n) is 4.94. The average molecular weight is 374 g/mol. The molecule has 0 unspecified atom stereocenters. The zero-order chi connectivity index (χ0) is 14.4. The van der Waals surface area contributed by atoms with Crippen molar-refractivity contribution in [2.24, 2.45) is 5.10 Å². The Kier molecular flexibility index (Phi) is 6.45. The third-order valence-electron chi connectivity index (χ3n) is 3.43. The van der Waals surface area contributed by atoms with E-state index in [1.165, 1.54) is 37.0 Å². The zero-order valence-corrected chi connectivity index (χ0v) is 14.8. The molecule has 0 radical (unpaired) electrons. The van der Waals surface area contributed by atoms with Gasteiger partial charge in [-0.3, -0.25) is 5.43 Å². The van der Waals surface area contributed by atoms with Gasteiger partial charge in [-0.15, -0.1) is 11.3 Å². The molecule has 6 heteroatoms. The summed E-state index contributed by atoms with van der Waals surface area (Å²) in [5.74, 6) is 0. The molecule has 0 amide bonds. The van der Waals surface area contributed by atoms with Gasteiger partial charge in [0, 0.05) is 6.04 Å². The molecule has 0 atom stereocenters. The van der Waals surface area contributed by atoms with Crippen LogP contribution in [-0.4, -0.2) is 16.9 Å². The van der Waals surface area contributed by atoms with E-state index in [0.717, 1.165) is 15.9 Å². The van der Waals surface area contributed by atoms with Crippen molar-refractivity contribution in [1.82, 2.24) is 10.7 Å². The van der Waals surface area contributed by atoms with Gasteiger partial charge >= 0.3 is 0 Å². The monoisotopic (exact) mass is 373 g/mol. The maximum Gasteiger partial charge on any atom is 0.187 e. The summed E-state index contributed by atoms with van der Waals surface area (Å²) in [6, 6.07) is 4.64. The number of halogens is 1. The van der Waals surface area contributed by atoms with E-state index in [4.69, 9.17) is 12.2 Å². The highest BCUT2D eigenvalue weighted by Crippen LogP contribution is 2.23. The fraction of sp³-hybridized carbons (Fsp3) is 0.571. The first kappa shape index (κ1) is 15.9. The summed E-state index contributed by atoms with van der Waals surface area (Å²) in [4.78, 5) is 1.17. The molecule has 1 aliphatic rings. The quantitative estimate of drug-likeness (QED) is 0.465. The lowest BCUT2D eigenvalue weighted by Gasteiger charge is -2.23. The van der Waals surface area contributed by atoms with Crippen molar-refractivity contribution >= 4 is 50.3 Å². The number of hydrogen-bond acceptors (Lipinski definition) is 3. The van der Waals surface area contributed by atoms with E-state index in [2.05, 4.69) is 44.8 Å². The molecule has 3 nitrogen and oxygen atoms in total. The molecule has 1 heterocycles. The standard InChI is InChI=1S/C14H20BrN3S2/c1-2-11(12-8-9-13(15)20-12)17-18-14(19)16-10-6-4-3-5-7-10/h8-10H,2-7H2,1H3,(H2,16,18,19). The molecule has 1 aliphatic carbocycles.